The Kier molecular flexibility index (Phi) is 3.36. The lowest BCUT2D eigenvalue weighted by atomic mass is 10.0. The molecule has 2 aromatic rings. The Morgan fingerprint density at radius 3 is 2.76 bits per heavy atom. The molecule has 0 fully saturated rings. The Bertz CT molecular complexity index is 682. The van der Waals surface area contributed by atoms with Crippen LogP contribution in [0, 0.1) is 6.92 Å². The van der Waals surface area contributed by atoms with Crippen LogP contribution >= 0.6 is 0 Å². The molecule has 0 amide bonds. The lowest BCUT2D eigenvalue weighted by Gasteiger charge is -2.21. The van der Waals surface area contributed by atoms with E-state index >= 15 is 0 Å². The van der Waals surface area contributed by atoms with E-state index in [-0.39, 0.29) is 11.4 Å². The van der Waals surface area contributed by atoms with Gasteiger partial charge in [-0.25, -0.2) is 9.97 Å². The third kappa shape index (κ3) is 2.61. The van der Waals surface area contributed by atoms with Gasteiger partial charge in [-0.3, -0.25) is 4.98 Å². The van der Waals surface area contributed by atoms with Gasteiger partial charge in [0, 0.05) is 30.1 Å². The number of pyridine rings is 1. The van der Waals surface area contributed by atoms with Gasteiger partial charge in [-0.05, 0) is 31.5 Å². The summed E-state index contributed by atoms with van der Waals surface area (Å²) in [5.74, 6) is 0.102. The van der Waals surface area contributed by atoms with Crippen molar-refractivity contribution < 1.29 is 13.2 Å². The van der Waals surface area contributed by atoms with Crippen molar-refractivity contribution >= 4 is 0 Å². The van der Waals surface area contributed by atoms with E-state index in [1.165, 1.54) is 6.20 Å². The first kappa shape index (κ1) is 13.9. The SMILES string of the molecule is Cc1cnccc1-c1nc2c(c(C(F)(F)F)n1)CCNC2. The van der Waals surface area contributed by atoms with Crippen LogP contribution in [-0.2, 0) is 19.1 Å². The number of nitrogens with zero attached hydrogens (tertiary/aromatic N) is 3. The molecule has 1 aliphatic rings. The average Bonchev–Trinajstić information content (AvgIpc) is 2.45. The maximum Gasteiger partial charge on any atom is 0.433 e. The second-order valence-electron chi connectivity index (χ2n) is 4.94. The Balaban J connectivity index is 2.22. The molecule has 0 aromatic carbocycles. The molecule has 0 saturated heterocycles. The number of nitrogens with one attached hydrogen (secondary N) is 1. The molecule has 2 aromatic heterocycles. The van der Waals surface area contributed by atoms with E-state index in [4.69, 9.17) is 0 Å². The van der Waals surface area contributed by atoms with Crippen molar-refractivity contribution in [1.29, 1.82) is 0 Å². The molecule has 0 radical (unpaired) electrons. The zero-order valence-corrected chi connectivity index (χ0v) is 11.3. The fourth-order valence-corrected chi connectivity index (χ4v) is 2.44. The number of rotatable bonds is 1. The van der Waals surface area contributed by atoms with Gasteiger partial charge in [-0.2, -0.15) is 13.2 Å². The van der Waals surface area contributed by atoms with Gasteiger partial charge in [0.25, 0.3) is 0 Å². The van der Waals surface area contributed by atoms with Crippen LogP contribution in [0.3, 0.4) is 0 Å². The normalized spacial score (nSPS) is 14.9. The first-order valence-corrected chi connectivity index (χ1v) is 6.55. The summed E-state index contributed by atoms with van der Waals surface area (Å²) in [5.41, 5.74) is 1.13. The Morgan fingerprint density at radius 1 is 1.24 bits per heavy atom. The molecule has 0 atom stereocenters. The van der Waals surface area contributed by atoms with Crippen LogP contribution in [0.25, 0.3) is 11.4 Å². The third-order valence-corrected chi connectivity index (χ3v) is 3.47. The van der Waals surface area contributed by atoms with Gasteiger partial charge >= 0.3 is 6.18 Å². The Hall–Kier alpha value is -2.02. The van der Waals surface area contributed by atoms with Gasteiger partial charge in [0.1, 0.15) is 0 Å². The minimum absolute atomic E-state index is 0.102. The molecular formula is C14H13F3N4. The van der Waals surface area contributed by atoms with E-state index < -0.39 is 11.9 Å². The van der Waals surface area contributed by atoms with Crippen molar-refractivity contribution in [2.45, 2.75) is 26.1 Å². The second kappa shape index (κ2) is 5.07. The van der Waals surface area contributed by atoms with Crippen molar-refractivity contribution in [2.75, 3.05) is 6.54 Å². The molecule has 1 N–H and O–H groups in total. The second-order valence-corrected chi connectivity index (χ2v) is 4.94. The summed E-state index contributed by atoms with van der Waals surface area (Å²) < 4.78 is 39.7. The number of aryl methyl sites for hydroxylation is 1. The van der Waals surface area contributed by atoms with Crippen molar-refractivity contribution in [3.8, 4) is 11.4 Å². The number of hydrogen-bond donors (Lipinski definition) is 1. The van der Waals surface area contributed by atoms with Crippen LogP contribution in [0.1, 0.15) is 22.5 Å². The molecular weight excluding hydrogens is 281 g/mol. The highest BCUT2D eigenvalue weighted by molar-refractivity contribution is 5.59. The molecule has 0 spiro atoms. The van der Waals surface area contributed by atoms with Gasteiger partial charge in [0.05, 0.1) is 5.69 Å². The van der Waals surface area contributed by atoms with Crippen LogP contribution in [0.4, 0.5) is 13.2 Å². The molecule has 0 aliphatic carbocycles. The molecule has 3 heterocycles. The molecule has 7 heteroatoms. The highest BCUT2D eigenvalue weighted by Crippen LogP contribution is 2.34. The molecule has 4 nitrogen and oxygen atoms in total. The van der Waals surface area contributed by atoms with Gasteiger partial charge in [0.15, 0.2) is 11.5 Å². The topological polar surface area (TPSA) is 50.7 Å². The molecule has 21 heavy (non-hydrogen) atoms. The number of aromatic nitrogens is 3. The zero-order chi connectivity index (χ0) is 15.0. The highest BCUT2D eigenvalue weighted by Gasteiger charge is 2.38. The minimum atomic E-state index is -4.47. The Morgan fingerprint density at radius 2 is 2.05 bits per heavy atom. The highest BCUT2D eigenvalue weighted by atomic mass is 19.4. The van der Waals surface area contributed by atoms with E-state index in [0.717, 1.165) is 5.56 Å². The summed E-state index contributed by atoms with van der Waals surface area (Å²) in [5, 5.41) is 3.04. The van der Waals surface area contributed by atoms with E-state index in [1.54, 1.807) is 19.2 Å². The standard InChI is InChI=1S/C14H13F3N4/c1-8-6-18-4-2-9(8)13-20-11-7-19-5-3-10(11)12(21-13)14(15,16)17/h2,4,6,19H,3,5,7H2,1H3. The van der Waals surface area contributed by atoms with Crippen LogP contribution in [0.2, 0.25) is 0 Å². The van der Waals surface area contributed by atoms with Crippen molar-refractivity contribution in [1.82, 2.24) is 20.3 Å². The maximum atomic E-state index is 13.2. The Labute approximate surface area is 119 Å². The predicted octanol–water partition coefficient (Wildman–Crippen LogP) is 2.51. The van der Waals surface area contributed by atoms with Crippen LogP contribution in [0.15, 0.2) is 18.5 Å². The summed E-state index contributed by atoms with van der Waals surface area (Å²) in [6.45, 7) is 2.61. The van der Waals surface area contributed by atoms with E-state index in [2.05, 4.69) is 20.3 Å². The summed E-state index contributed by atoms with van der Waals surface area (Å²) in [7, 11) is 0. The molecule has 0 unspecified atom stereocenters. The van der Waals surface area contributed by atoms with Crippen LogP contribution < -0.4 is 5.32 Å². The lowest BCUT2D eigenvalue weighted by molar-refractivity contribution is -0.142. The van der Waals surface area contributed by atoms with Gasteiger partial charge in [-0.1, -0.05) is 0 Å². The van der Waals surface area contributed by atoms with E-state index in [0.29, 0.717) is 30.8 Å². The molecule has 0 saturated carbocycles. The van der Waals surface area contributed by atoms with E-state index in [9.17, 15) is 13.2 Å². The van der Waals surface area contributed by atoms with Crippen molar-refractivity contribution in [3.05, 3.63) is 41.0 Å². The van der Waals surface area contributed by atoms with Gasteiger partial charge in [0.2, 0.25) is 0 Å². The van der Waals surface area contributed by atoms with Crippen LogP contribution in [-0.4, -0.2) is 21.5 Å². The first-order valence-electron chi connectivity index (χ1n) is 6.55. The quantitative estimate of drug-likeness (QED) is 0.878. The van der Waals surface area contributed by atoms with Crippen LogP contribution in [0.5, 0.6) is 0 Å². The number of hydrogen-bond acceptors (Lipinski definition) is 4. The molecule has 110 valence electrons. The minimum Gasteiger partial charge on any atom is -0.311 e. The van der Waals surface area contributed by atoms with E-state index in [1.807, 2.05) is 0 Å². The molecule has 0 bridgehead atoms. The lowest BCUT2D eigenvalue weighted by Crippen LogP contribution is -2.28. The third-order valence-electron chi connectivity index (χ3n) is 3.47. The predicted molar refractivity (Wildman–Crippen MR) is 70.4 cm³/mol. The zero-order valence-electron chi connectivity index (χ0n) is 11.3. The fraction of sp³-hybridized carbons (Fsp3) is 0.357. The summed E-state index contributed by atoms with van der Waals surface area (Å²) in [6.07, 6.45) is -1.07. The van der Waals surface area contributed by atoms with Crippen molar-refractivity contribution in [3.63, 3.8) is 0 Å². The summed E-state index contributed by atoms with van der Waals surface area (Å²) >= 11 is 0. The molecule has 1 aliphatic heterocycles. The maximum absolute atomic E-state index is 13.2. The number of alkyl halides is 3. The van der Waals surface area contributed by atoms with Gasteiger partial charge < -0.3 is 5.32 Å². The largest absolute Gasteiger partial charge is 0.433 e. The smallest absolute Gasteiger partial charge is 0.311 e. The molecule has 3 rings (SSSR count). The summed E-state index contributed by atoms with van der Waals surface area (Å²) in [6, 6.07) is 1.63. The van der Waals surface area contributed by atoms with Crippen molar-refractivity contribution in [2.24, 2.45) is 0 Å². The summed E-state index contributed by atoms with van der Waals surface area (Å²) in [4.78, 5) is 12.1. The first-order chi connectivity index (χ1) is 9.97. The monoisotopic (exact) mass is 294 g/mol. The number of fused-ring (bicyclic) bond motifs is 1. The van der Waals surface area contributed by atoms with Gasteiger partial charge in [-0.15, -0.1) is 0 Å². The average molecular weight is 294 g/mol. The number of halogens is 3. The fourth-order valence-electron chi connectivity index (χ4n) is 2.44.